The number of aldehydes is 1. The third-order valence-corrected chi connectivity index (χ3v) is 4.17. The van der Waals surface area contributed by atoms with Crippen LogP contribution in [-0.2, 0) is 12.9 Å². The van der Waals surface area contributed by atoms with Gasteiger partial charge in [0.25, 0.3) is 0 Å². The second-order valence-corrected chi connectivity index (χ2v) is 5.47. The van der Waals surface area contributed by atoms with E-state index in [9.17, 15) is 9.90 Å². The molecular formula is C17H15ClN2O3. The Kier molecular flexibility index (Phi) is 3.96. The average molecular weight is 331 g/mol. The van der Waals surface area contributed by atoms with Gasteiger partial charge in [-0.2, -0.15) is 5.10 Å². The van der Waals surface area contributed by atoms with E-state index in [4.69, 9.17) is 16.3 Å². The molecule has 23 heavy (non-hydrogen) atoms. The SMILES string of the molecule is COc1cc(C=O)c(O)cc1-c1cc(CCl)c2cnn(C)c2c1. The molecule has 5 nitrogen and oxygen atoms in total. The number of nitrogens with zero attached hydrogens (tertiary/aromatic N) is 2. The Morgan fingerprint density at radius 3 is 2.78 bits per heavy atom. The summed E-state index contributed by atoms with van der Waals surface area (Å²) in [5.74, 6) is 0.761. The van der Waals surface area contributed by atoms with E-state index in [1.807, 2.05) is 19.2 Å². The molecule has 0 aliphatic carbocycles. The van der Waals surface area contributed by atoms with E-state index in [1.54, 1.807) is 10.9 Å². The Morgan fingerprint density at radius 2 is 2.13 bits per heavy atom. The Labute approximate surface area is 138 Å². The zero-order valence-electron chi connectivity index (χ0n) is 12.7. The molecule has 118 valence electrons. The van der Waals surface area contributed by atoms with Crippen molar-refractivity contribution >= 4 is 28.8 Å². The van der Waals surface area contributed by atoms with E-state index in [2.05, 4.69) is 5.10 Å². The molecule has 0 spiro atoms. The number of methoxy groups -OCH3 is 1. The van der Waals surface area contributed by atoms with Gasteiger partial charge in [0.2, 0.25) is 0 Å². The van der Waals surface area contributed by atoms with Crippen molar-refractivity contribution < 1.29 is 14.6 Å². The standard InChI is InChI=1S/C17H15ClN2O3/c1-20-15-4-10(3-11(7-18)14(15)8-19-20)13-6-16(22)12(9-21)5-17(13)23-2/h3-6,8-9,22H,7H2,1-2H3. The van der Waals surface area contributed by atoms with Crippen molar-refractivity contribution in [2.45, 2.75) is 5.88 Å². The number of aryl methyl sites for hydroxylation is 1. The lowest BCUT2D eigenvalue weighted by Crippen LogP contribution is -1.94. The second kappa shape index (κ2) is 5.93. The van der Waals surface area contributed by atoms with Crippen LogP contribution in [0.1, 0.15) is 15.9 Å². The molecule has 0 amide bonds. The summed E-state index contributed by atoms with van der Waals surface area (Å²) in [6.07, 6.45) is 2.37. The summed E-state index contributed by atoms with van der Waals surface area (Å²) in [5.41, 5.74) is 3.57. The molecule has 0 fully saturated rings. The molecule has 0 radical (unpaired) electrons. The van der Waals surface area contributed by atoms with Crippen LogP contribution in [0.5, 0.6) is 11.5 Å². The van der Waals surface area contributed by atoms with E-state index in [0.29, 0.717) is 23.5 Å². The molecular weight excluding hydrogens is 316 g/mol. The summed E-state index contributed by atoms with van der Waals surface area (Å²) in [5, 5.41) is 15.2. The topological polar surface area (TPSA) is 64.3 Å². The molecule has 0 saturated carbocycles. The summed E-state index contributed by atoms with van der Waals surface area (Å²) in [6.45, 7) is 0. The molecule has 0 unspecified atom stereocenters. The van der Waals surface area contributed by atoms with Gasteiger partial charge in [-0.15, -0.1) is 11.6 Å². The highest BCUT2D eigenvalue weighted by Gasteiger charge is 2.15. The Bertz CT molecular complexity index is 902. The van der Waals surface area contributed by atoms with Crippen molar-refractivity contribution in [3.63, 3.8) is 0 Å². The van der Waals surface area contributed by atoms with Gasteiger partial charge in [0, 0.05) is 23.9 Å². The Hall–Kier alpha value is -2.53. The number of aromatic nitrogens is 2. The van der Waals surface area contributed by atoms with Crippen molar-refractivity contribution in [1.29, 1.82) is 0 Å². The molecule has 1 aromatic heterocycles. The molecule has 2 aromatic carbocycles. The zero-order valence-corrected chi connectivity index (χ0v) is 13.5. The molecule has 3 rings (SSSR count). The number of phenols is 1. The molecule has 0 atom stereocenters. The summed E-state index contributed by atoms with van der Waals surface area (Å²) < 4.78 is 7.13. The van der Waals surface area contributed by atoms with Gasteiger partial charge in [-0.05, 0) is 35.4 Å². The highest BCUT2D eigenvalue weighted by atomic mass is 35.5. The van der Waals surface area contributed by atoms with Gasteiger partial charge >= 0.3 is 0 Å². The van der Waals surface area contributed by atoms with Gasteiger partial charge in [-0.25, -0.2) is 0 Å². The van der Waals surface area contributed by atoms with Crippen molar-refractivity contribution in [3.8, 4) is 22.6 Å². The number of carbonyl (C=O) groups excluding carboxylic acids is 1. The summed E-state index contributed by atoms with van der Waals surface area (Å²) >= 11 is 6.06. The quantitative estimate of drug-likeness (QED) is 0.587. The predicted octanol–water partition coefficient (Wildman–Crippen LogP) is 3.51. The normalized spacial score (nSPS) is 10.9. The number of hydrogen-bond donors (Lipinski definition) is 1. The largest absolute Gasteiger partial charge is 0.507 e. The molecule has 1 heterocycles. The molecule has 0 saturated heterocycles. The average Bonchev–Trinajstić information content (AvgIpc) is 2.95. The second-order valence-electron chi connectivity index (χ2n) is 5.20. The lowest BCUT2D eigenvalue weighted by molar-refractivity contribution is 0.112. The highest BCUT2D eigenvalue weighted by molar-refractivity contribution is 6.18. The summed E-state index contributed by atoms with van der Waals surface area (Å²) in [6, 6.07) is 6.94. The first kappa shape index (κ1) is 15.4. The number of alkyl halides is 1. The fourth-order valence-electron chi connectivity index (χ4n) is 2.66. The van der Waals surface area contributed by atoms with E-state index < -0.39 is 0 Å². The minimum atomic E-state index is -0.0895. The number of rotatable bonds is 4. The fourth-order valence-corrected chi connectivity index (χ4v) is 2.88. The van der Waals surface area contributed by atoms with Gasteiger partial charge in [0.05, 0.1) is 24.4 Å². The lowest BCUT2D eigenvalue weighted by Gasteiger charge is -2.12. The van der Waals surface area contributed by atoms with Gasteiger partial charge in [0.15, 0.2) is 6.29 Å². The minimum absolute atomic E-state index is 0.0895. The highest BCUT2D eigenvalue weighted by Crippen LogP contribution is 2.37. The molecule has 3 aromatic rings. The third kappa shape index (κ3) is 2.53. The van der Waals surface area contributed by atoms with Crippen LogP contribution in [0.3, 0.4) is 0 Å². The number of carbonyl (C=O) groups is 1. The van der Waals surface area contributed by atoms with Crippen LogP contribution >= 0.6 is 11.6 Å². The number of phenolic OH excluding ortho intramolecular Hbond substituents is 1. The van der Waals surface area contributed by atoms with Gasteiger partial charge < -0.3 is 9.84 Å². The maximum absolute atomic E-state index is 11.0. The smallest absolute Gasteiger partial charge is 0.153 e. The van der Waals surface area contributed by atoms with Crippen LogP contribution < -0.4 is 4.74 Å². The maximum atomic E-state index is 11.0. The van der Waals surface area contributed by atoms with Crippen LogP contribution in [0.2, 0.25) is 0 Å². The Balaban J connectivity index is 2.30. The molecule has 0 aliphatic heterocycles. The first-order valence-corrected chi connectivity index (χ1v) is 7.49. The maximum Gasteiger partial charge on any atom is 0.153 e. The number of aromatic hydroxyl groups is 1. The fraction of sp³-hybridized carbons (Fsp3) is 0.176. The monoisotopic (exact) mass is 330 g/mol. The van der Waals surface area contributed by atoms with Crippen LogP contribution in [0.4, 0.5) is 0 Å². The molecule has 6 heteroatoms. The summed E-state index contributed by atoms with van der Waals surface area (Å²) in [4.78, 5) is 11.0. The molecule has 0 bridgehead atoms. The summed E-state index contributed by atoms with van der Waals surface area (Å²) in [7, 11) is 3.38. The van der Waals surface area contributed by atoms with Crippen molar-refractivity contribution in [1.82, 2.24) is 9.78 Å². The predicted molar refractivity (Wildman–Crippen MR) is 89.3 cm³/mol. The number of benzene rings is 2. The first-order valence-electron chi connectivity index (χ1n) is 6.96. The Morgan fingerprint density at radius 1 is 1.35 bits per heavy atom. The van der Waals surface area contributed by atoms with Crippen LogP contribution in [-0.4, -0.2) is 28.3 Å². The number of halogens is 1. The molecule has 0 aliphatic rings. The van der Waals surface area contributed by atoms with Gasteiger partial charge in [0.1, 0.15) is 11.5 Å². The third-order valence-electron chi connectivity index (χ3n) is 3.88. The van der Waals surface area contributed by atoms with E-state index in [1.165, 1.54) is 19.2 Å². The number of fused-ring (bicyclic) bond motifs is 1. The van der Waals surface area contributed by atoms with Crippen molar-refractivity contribution in [2.75, 3.05) is 7.11 Å². The van der Waals surface area contributed by atoms with Gasteiger partial charge in [-0.1, -0.05) is 0 Å². The van der Waals surface area contributed by atoms with Crippen LogP contribution in [0, 0.1) is 0 Å². The van der Waals surface area contributed by atoms with Crippen LogP contribution in [0.25, 0.3) is 22.0 Å². The van der Waals surface area contributed by atoms with Crippen molar-refractivity contribution in [2.24, 2.45) is 7.05 Å². The van der Waals surface area contributed by atoms with E-state index in [0.717, 1.165) is 22.0 Å². The lowest BCUT2D eigenvalue weighted by atomic mass is 9.98. The number of ether oxygens (including phenoxy) is 1. The van der Waals surface area contributed by atoms with Crippen molar-refractivity contribution in [3.05, 3.63) is 41.6 Å². The van der Waals surface area contributed by atoms with E-state index in [-0.39, 0.29) is 11.3 Å². The number of hydrogen-bond acceptors (Lipinski definition) is 4. The van der Waals surface area contributed by atoms with E-state index >= 15 is 0 Å². The van der Waals surface area contributed by atoms with Crippen LogP contribution in [0.15, 0.2) is 30.5 Å². The zero-order chi connectivity index (χ0) is 16.6. The van der Waals surface area contributed by atoms with Gasteiger partial charge in [-0.3, -0.25) is 9.48 Å². The first-order chi connectivity index (χ1) is 11.1. The molecule has 1 N–H and O–H groups in total. The minimum Gasteiger partial charge on any atom is -0.507 e.